The molecule has 0 spiro atoms. The van der Waals surface area contributed by atoms with Gasteiger partial charge in [-0.2, -0.15) is 0 Å². The van der Waals surface area contributed by atoms with Crippen LogP contribution < -0.4 is 10.6 Å². The lowest BCUT2D eigenvalue weighted by molar-refractivity contribution is -0.120. The van der Waals surface area contributed by atoms with Crippen molar-refractivity contribution in [3.05, 3.63) is 0 Å². The second-order valence-corrected chi connectivity index (χ2v) is 7.65. The van der Waals surface area contributed by atoms with Gasteiger partial charge in [0.1, 0.15) is 5.25 Å². The van der Waals surface area contributed by atoms with E-state index >= 15 is 0 Å². The lowest BCUT2D eigenvalue weighted by Gasteiger charge is -2.34. The average Bonchev–Trinajstić information content (AvgIpc) is 2.25. The number of sulfone groups is 1. The van der Waals surface area contributed by atoms with Gasteiger partial charge in [0.2, 0.25) is 5.91 Å². The van der Waals surface area contributed by atoms with Crippen molar-refractivity contribution in [1.29, 1.82) is 0 Å². The number of hydrogen-bond acceptors (Lipinski definition) is 4. The maximum absolute atomic E-state index is 11.7. The molecule has 0 radical (unpaired) electrons. The third-order valence-corrected chi connectivity index (χ3v) is 4.89. The zero-order valence-corrected chi connectivity index (χ0v) is 11.6. The Kier molecular flexibility index (Phi) is 4.55. The SMILES string of the molecule is CC(C(=O)NCC1(C)CCCNC1)S(C)(=O)=O. The summed E-state index contributed by atoms with van der Waals surface area (Å²) in [6, 6.07) is 0. The number of carbonyl (C=O) groups excluding carboxylic acids is 1. The molecule has 0 aliphatic carbocycles. The molecule has 0 bridgehead atoms. The summed E-state index contributed by atoms with van der Waals surface area (Å²) in [6.07, 6.45) is 3.22. The van der Waals surface area contributed by atoms with E-state index in [1.807, 2.05) is 0 Å². The molecule has 0 aromatic rings. The van der Waals surface area contributed by atoms with Crippen molar-refractivity contribution in [2.75, 3.05) is 25.9 Å². The summed E-state index contributed by atoms with van der Waals surface area (Å²) in [5.74, 6) is -0.403. The monoisotopic (exact) mass is 262 g/mol. The van der Waals surface area contributed by atoms with Crippen LogP contribution in [0.3, 0.4) is 0 Å². The summed E-state index contributed by atoms with van der Waals surface area (Å²) >= 11 is 0. The lowest BCUT2D eigenvalue weighted by Crippen LogP contribution is -2.48. The van der Waals surface area contributed by atoms with Crippen LogP contribution in [0.2, 0.25) is 0 Å². The molecule has 2 unspecified atom stereocenters. The fourth-order valence-corrected chi connectivity index (χ4v) is 2.38. The largest absolute Gasteiger partial charge is 0.354 e. The molecule has 1 saturated heterocycles. The van der Waals surface area contributed by atoms with E-state index in [4.69, 9.17) is 0 Å². The maximum atomic E-state index is 11.7. The van der Waals surface area contributed by atoms with Gasteiger partial charge in [0.25, 0.3) is 0 Å². The Hall–Kier alpha value is -0.620. The Morgan fingerprint density at radius 2 is 2.18 bits per heavy atom. The van der Waals surface area contributed by atoms with E-state index in [9.17, 15) is 13.2 Å². The number of piperidine rings is 1. The van der Waals surface area contributed by atoms with Crippen LogP contribution in [0.1, 0.15) is 26.7 Å². The van der Waals surface area contributed by atoms with Gasteiger partial charge in [-0.05, 0) is 31.7 Å². The van der Waals surface area contributed by atoms with E-state index < -0.39 is 21.0 Å². The summed E-state index contributed by atoms with van der Waals surface area (Å²) in [7, 11) is -3.30. The minimum atomic E-state index is -3.30. The predicted octanol–water partition coefficient (Wildman–Crippen LogP) is -0.0746. The van der Waals surface area contributed by atoms with Crippen LogP contribution in [0.4, 0.5) is 0 Å². The van der Waals surface area contributed by atoms with Crippen molar-refractivity contribution in [2.24, 2.45) is 5.41 Å². The van der Waals surface area contributed by atoms with E-state index in [1.54, 1.807) is 0 Å². The summed E-state index contributed by atoms with van der Waals surface area (Å²) in [5.41, 5.74) is 0.0329. The molecule has 2 N–H and O–H groups in total. The van der Waals surface area contributed by atoms with Crippen LogP contribution in [0, 0.1) is 5.41 Å². The van der Waals surface area contributed by atoms with Gasteiger partial charge < -0.3 is 10.6 Å². The smallest absolute Gasteiger partial charge is 0.238 e. The minimum Gasteiger partial charge on any atom is -0.354 e. The molecule has 1 aliphatic heterocycles. The molecule has 2 atom stereocenters. The molecule has 1 fully saturated rings. The van der Waals surface area contributed by atoms with E-state index in [2.05, 4.69) is 17.6 Å². The molecule has 0 aromatic heterocycles. The first-order chi connectivity index (χ1) is 7.75. The van der Waals surface area contributed by atoms with Crippen molar-refractivity contribution in [3.63, 3.8) is 0 Å². The molecule has 1 aliphatic rings. The van der Waals surface area contributed by atoms with E-state index in [0.717, 1.165) is 32.2 Å². The summed E-state index contributed by atoms with van der Waals surface area (Å²) in [4.78, 5) is 11.7. The van der Waals surface area contributed by atoms with Crippen LogP contribution in [0.15, 0.2) is 0 Å². The van der Waals surface area contributed by atoms with Crippen molar-refractivity contribution < 1.29 is 13.2 Å². The lowest BCUT2D eigenvalue weighted by atomic mass is 9.83. The average molecular weight is 262 g/mol. The van der Waals surface area contributed by atoms with Crippen molar-refractivity contribution in [1.82, 2.24) is 10.6 Å². The molecule has 1 amide bonds. The van der Waals surface area contributed by atoms with Gasteiger partial charge in [-0.3, -0.25) is 4.79 Å². The van der Waals surface area contributed by atoms with E-state index in [0.29, 0.717) is 6.54 Å². The number of nitrogens with one attached hydrogen (secondary N) is 2. The number of amides is 1. The molecular formula is C11H22N2O3S. The molecule has 100 valence electrons. The molecule has 5 nitrogen and oxygen atoms in total. The maximum Gasteiger partial charge on any atom is 0.238 e. The van der Waals surface area contributed by atoms with Gasteiger partial charge >= 0.3 is 0 Å². The van der Waals surface area contributed by atoms with Crippen LogP contribution >= 0.6 is 0 Å². The fourth-order valence-electron chi connectivity index (χ4n) is 1.91. The molecule has 0 aromatic carbocycles. The second kappa shape index (κ2) is 5.35. The highest BCUT2D eigenvalue weighted by Crippen LogP contribution is 2.24. The van der Waals surface area contributed by atoms with Gasteiger partial charge in [-0.15, -0.1) is 0 Å². The Balaban J connectivity index is 2.47. The first-order valence-electron chi connectivity index (χ1n) is 5.92. The van der Waals surface area contributed by atoms with Crippen molar-refractivity contribution in [2.45, 2.75) is 31.9 Å². The van der Waals surface area contributed by atoms with Gasteiger partial charge in [-0.1, -0.05) is 6.92 Å². The number of hydrogen-bond donors (Lipinski definition) is 2. The highest BCUT2D eigenvalue weighted by molar-refractivity contribution is 7.92. The first-order valence-corrected chi connectivity index (χ1v) is 7.87. The van der Waals surface area contributed by atoms with Gasteiger partial charge in [0.05, 0.1) is 0 Å². The first kappa shape index (κ1) is 14.4. The summed E-state index contributed by atoms with van der Waals surface area (Å²) in [5, 5.41) is 5.06. The predicted molar refractivity (Wildman–Crippen MR) is 67.5 cm³/mol. The van der Waals surface area contributed by atoms with E-state index in [1.165, 1.54) is 6.92 Å². The van der Waals surface area contributed by atoms with Crippen molar-refractivity contribution in [3.8, 4) is 0 Å². The Morgan fingerprint density at radius 1 is 1.53 bits per heavy atom. The zero-order chi connectivity index (χ0) is 13.1. The Labute approximate surface area is 103 Å². The normalized spacial score (nSPS) is 27.5. The molecule has 0 saturated carbocycles. The second-order valence-electron chi connectivity index (χ2n) is 5.28. The van der Waals surface area contributed by atoms with Gasteiger partial charge in [-0.25, -0.2) is 8.42 Å². The summed E-state index contributed by atoms with van der Waals surface area (Å²) < 4.78 is 22.5. The van der Waals surface area contributed by atoms with Crippen LogP contribution in [0.25, 0.3) is 0 Å². The number of carbonyl (C=O) groups is 1. The Bertz CT molecular complexity index is 372. The quantitative estimate of drug-likeness (QED) is 0.743. The zero-order valence-electron chi connectivity index (χ0n) is 10.7. The van der Waals surface area contributed by atoms with Crippen molar-refractivity contribution >= 4 is 15.7 Å². The third kappa shape index (κ3) is 4.27. The van der Waals surface area contributed by atoms with Crippen LogP contribution in [-0.2, 0) is 14.6 Å². The minimum absolute atomic E-state index is 0.0329. The Morgan fingerprint density at radius 3 is 2.65 bits per heavy atom. The van der Waals surface area contributed by atoms with E-state index in [-0.39, 0.29) is 5.41 Å². The fraction of sp³-hybridized carbons (Fsp3) is 0.909. The number of rotatable bonds is 4. The molecule has 1 rings (SSSR count). The van der Waals surface area contributed by atoms with Crippen LogP contribution in [-0.4, -0.2) is 45.5 Å². The standard InChI is InChI=1S/C11H22N2O3S/c1-9(17(3,15)16)10(14)13-8-11(2)5-4-6-12-7-11/h9,12H,4-8H2,1-3H3,(H,13,14). The molecule has 6 heteroatoms. The highest BCUT2D eigenvalue weighted by Gasteiger charge is 2.29. The van der Waals surface area contributed by atoms with Gasteiger partial charge in [0, 0.05) is 19.3 Å². The molecule has 1 heterocycles. The van der Waals surface area contributed by atoms with Crippen LogP contribution in [0.5, 0.6) is 0 Å². The topological polar surface area (TPSA) is 75.3 Å². The third-order valence-electron chi connectivity index (χ3n) is 3.39. The highest BCUT2D eigenvalue weighted by atomic mass is 32.2. The summed E-state index contributed by atoms with van der Waals surface area (Å²) in [6.45, 7) is 5.93. The molecular weight excluding hydrogens is 240 g/mol. The van der Waals surface area contributed by atoms with Gasteiger partial charge in [0.15, 0.2) is 9.84 Å². The molecule has 17 heavy (non-hydrogen) atoms.